The Hall–Kier alpha value is -1.19. The molecule has 0 aliphatic carbocycles. The Labute approximate surface area is 176 Å². The van der Waals surface area contributed by atoms with Crippen molar-refractivity contribution in [3.8, 4) is 0 Å². The Morgan fingerprint density at radius 3 is 2.00 bits per heavy atom. The largest absolute Gasteiger partial charge is 0.386 e. The molecule has 5 heteroatoms. The summed E-state index contributed by atoms with van der Waals surface area (Å²) >= 11 is 0. The Morgan fingerprint density at radius 1 is 1.04 bits per heavy atom. The molecule has 0 spiro atoms. The summed E-state index contributed by atoms with van der Waals surface area (Å²) in [5.41, 5.74) is 4.64. The quantitative estimate of drug-likeness (QED) is 0.418. The number of hydrogen-bond acceptors (Lipinski definition) is 3. The SMILES string of the molecule is C=C.CB1N(C)B(C)N2c3cc(C(C)(C)C)ccc3C(C)(C)C2N1C.CCC. The fourth-order valence-electron chi connectivity index (χ4n) is 4.49. The van der Waals surface area contributed by atoms with Crippen LogP contribution >= 0.6 is 0 Å². The Balaban J connectivity index is 0.000000717. The zero-order chi connectivity index (χ0) is 22.0. The van der Waals surface area contributed by atoms with Gasteiger partial charge in [0.25, 0.3) is 6.98 Å². The van der Waals surface area contributed by atoms with Crippen molar-refractivity contribution in [1.29, 1.82) is 0 Å². The van der Waals surface area contributed by atoms with E-state index in [1.807, 2.05) is 0 Å². The van der Waals surface area contributed by atoms with Crippen LogP contribution < -0.4 is 4.81 Å². The molecule has 0 aromatic heterocycles. The van der Waals surface area contributed by atoms with Gasteiger partial charge < -0.3 is 14.3 Å². The lowest BCUT2D eigenvalue weighted by Gasteiger charge is -2.53. The minimum atomic E-state index is 0.129. The van der Waals surface area contributed by atoms with Crippen molar-refractivity contribution < 1.29 is 0 Å². The number of anilines is 1. The highest BCUT2D eigenvalue weighted by Gasteiger charge is 2.55. The average Bonchev–Trinajstić information content (AvgIpc) is 2.87. The summed E-state index contributed by atoms with van der Waals surface area (Å²) in [4.78, 5) is 5.15. The van der Waals surface area contributed by atoms with Gasteiger partial charge in [-0.15, -0.1) is 13.2 Å². The second kappa shape index (κ2) is 9.09. The van der Waals surface area contributed by atoms with E-state index in [9.17, 15) is 0 Å². The van der Waals surface area contributed by atoms with E-state index in [0.717, 1.165) is 0 Å². The molecular weight excluding hydrogens is 340 g/mol. The number of hydrogen-bond donors (Lipinski definition) is 0. The Morgan fingerprint density at radius 2 is 1.54 bits per heavy atom. The van der Waals surface area contributed by atoms with E-state index in [2.05, 4.69) is 122 Å². The summed E-state index contributed by atoms with van der Waals surface area (Å²) in [6.45, 7) is 27.4. The summed E-state index contributed by atoms with van der Waals surface area (Å²) in [6.07, 6.45) is 1.66. The number of benzene rings is 1. The smallest absolute Gasteiger partial charge is 0.330 e. The number of rotatable bonds is 0. The molecule has 1 aromatic carbocycles. The molecule has 2 heterocycles. The van der Waals surface area contributed by atoms with E-state index in [1.54, 1.807) is 0 Å². The van der Waals surface area contributed by atoms with Crippen LogP contribution in [-0.2, 0) is 10.8 Å². The molecule has 0 radical (unpaired) electrons. The first-order valence-corrected chi connectivity index (χ1v) is 10.8. The first kappa shape index (κ1) is 24.8. The maximum Gasteiger partial charge on any atom is 0.330 e. The molecule has 2 aliphatic rings. The Kier molecular flexibility index (Phi) is 8.06. The lowest BCUT2D eigenvalue weighted by atomic mass is 9.56. The minimum Gasteiger partial charge on any atom is -0.386 e. The lowest BCUT2D eigenvalue weighted by molar-refractivity contribution is 0.258. The molecule has 1 atom stereocenters. The standard InChI is InChI=1S/C18H31B2N3.C3H8.C2H4/c1-17(2,3)13-10-11-14-15(12-13)23-16(18(14,4)5)21(8)19(6)22(9)20(23)7;1-3-2;1-2/h10-12,16H,1-9H3;3H2,1-2H3;1-2H2. The van der Waals surface area contributed by atoms with Crippen molar-refractivity contribution in [3.05, 3.63) is 42.5 Å². The third-order valence-corrected chi connectivity index (χ3v) is 6.30. The second-order valence-corrected chi connectivity index (χ2v) is 9.79. The van der Waals surface area contributed by atoms with Crippen LogP contribution in [0.5, 0.6) is 0 Å². The van der Waals surface area contributed by atoms with Gasteiger partial charge in [-0.05, 0) is 36.7 Å². The van der Waals surface area contributed by atoms with Gasteiger partial charge in [-0.3, -0.25) is 0 Å². The summed E-state index contributed by atoms with van der Waals surface area (Å²) in [5.74, 6) is 0. The van der Waals surface area contributed by atoms with Gasteiger partial charge in [-0.2, -0.15) is 0 Å². The predicted molar refractivity (Wildman–Crippen MR) is 130 cm³/mol. The van der Waals surface area contributed by atoms with Gasteiger partial charge in [-0.25, -0.2) is 0 Å². The molecular formula is C23H43B2N3. The van der Waals surface area contributed by atoms with Crippen LogP contribution in [0.3, 0.4) is 0 Å². The average molecular weight is 383 g/mol. The molecule has 0 N–H and O–H groups in total. The highest BCUT2D eigenvalue weighted by atomic mass is 15.4. The molecule has 1 unspecified atom stereocenters. The van der Waals surface area contributed by atoms with Gasteiger partial charge in [-0.1, -0.05) is 80.7 Å². The molecule has 0 bridgehead atoms. The predicted octanol–water partition coefficient (Wildman–Crippen LogP) is 5.74. The number of likely N-dealkylation sites (N-methyl/N-ethyl adjacent to an activating group) is 1. The van der Waals surface area contributed by atoms with E-state index in [-0.39, 0.29) is 10.8 Å². The maximum atomic E-state index is 3.00. The van der Waals surface area contributed by atoms with Gasteiger partial charge in [0.15, 0.2) is 0 Å². The zero-order valence-electron chi connectivity index (χ0n) is 20.4. The molecule has 1 fully saturated rings. The van der Waals surface area contributed by atoms with E-state index in [0.29, 0.717) is 20.1 Å². The number of nitrogens with zero attached hydrogens (tertiary/aromatic N) is 3. The van der Waals surface area contributed by atoms with Crippen molar-refractivity contribution in [3.63, 3.8) is 0 Å². The molecule has 28 heavy (non-hydrogen) atoms. The molecule has 3 nitrogen and oxygen atoms in total. The van der Waals surface area contributed by atoms with Crippen LogP contribution in [0.25, 0.3) is 0 Å². The zero-order valence-corrected chi connectivity index (χ0v) is 20.4. The van der Waals surface area contributed by atoms with Crippen LogP contribution in [-0.4, -0.2) is 43.8 Å². The molecule has 0 amide bonds. The molecule has 0 saturated carbocycles. The minimum absolute atomic E-state index is 0.129. The molecule has 3 rings (SSSR count). The van der Waals surface area contributed by atoms with Gasteiger partial charge in [0.2, 0.25) is 0 Å². The first-order valence-electron chi connectivity index (χ1n) is 10.8. The van der Waals surface area contributed by atoms with Gasteiger partial charge in [0.05, 0.1) is 6.17 Å². The first-order chi connectivity index (χ1) is 12.9. The lowest BCUT2D eigenvalue weighted by Crippen LogP contribution is -2.73. The molecule has 1 aromatic rings. The van der Waals surface area contributed by atoms with Crippen molar-refractivity contribution in [2.45, 2.75) is 85.5 Å². The summed E-state index contributed by atoms with van der Waals surface area (Å²) in [7, 11) is 4.50. The van der Waals surface area contributed by atoms with Gasteiger partial charge in [0.1, 0.15) is 0 Å². The van der Waals surface area contributed by atoms with E-state index >= 15 is 0 Å². The van der Waals surface area contributed by atoms with Crippen LogP contribution in [0.4, 0.5) is 5.69 Å². The van der Waals surface area contributed by atoms with Crippen molar-refractivity contribution in [2.75, 3.05) is 18.9 Å². The fraction of sp³-hybridized carbons (Fsp3) is 0.652. The van der Waals surface area contributed by atoms with E-state index < -0.39 is 0 Å². The third-order valence-electron chi connectivity index (χ3n) is 6.30. The summed E-state index contributed by atoms with van der Waals surface area (Å²) in [6, 6.07) is 7.14. The van der Waals surface area contributed by atoms with Crippen LogP contribution in [0.15, 0.2) is 31.4 Å². The normalized spacial score (nSPS) is 21.2. The van der Waals surface area contributed by atoms with E-state index in [4.69, 9.17) is 0 Å². The molecule has 2 aliphatic heterocycles. The highest BCUT2D eigenvalue weighted by Crippen LogP contribution is 2.49. The summed E-state index contributed by atoms with van der Waals surface area (Å²) < 4.78 is 2.46. The van der Waals surface area contributed by atoms with Crippen LogP contribution in [0.2, 0.25) is 13.6 Å². The monoisotopic (exact) mass is 383 g/mol. The second-order valence-electron chi connectivity index (χ2n) is 9.79. The highest BCUT2D eigenvalue weighted by molar-refractivity contribution is 6.74. The van der Waals surface area contributed by atoms with Crippen molar-refractivity contribution in [1.82, 2.24) is 9.53 Å². The topological polar surface area (TPSA) is 9.72 Å². The summed E-state index contributed by atoms with van der Waals surface area (Å²) in [5, 5.41) is 0. The van der Waals surface area contributed by atoms with Gasteiger partial charge >= 0.3 is 6.98 Å². The maximum absolute atomic E-state index is 3.00. The third kappa shape index (κ3) is 4.21. The molecule has 156 valence electrons. The number of fused-ring (bicyclic) bond motifs is 3. The van der Waals surface area contributed by atoms with Crippen molar-refractivity contribution >= 4 is 19.7 Å². The van der Waals surface area contributed by atoms with Crippen LogP contribution in [0.1, 0.15) is 66.0 Å². The van der Waals surface area contributed by atoms with E-state index in [1.165, 1.54) is 23.2 Å². The van der Waals surface area contributed by atoms with Crippen molar-refractivity contribution in [2.24, 2.45) is 0 Å². The van der Waals surface area contributed by atoms with Gasteiger partial charge in [0, 0.05) is 11.1 Å². The fourth-order valence-corrected chi connectivity index (χ4v) is 4.49. The van der Waals surface area contributed by atoms with Crippen LogP contribution in [0, 0.1) is 0 Å². The molecule has 1 saturated heterocycles. The Bertz CT molecular complexity index is 654.